The van der Waals surface area contributed by atoms with Crippen molar-refractivity contribution in [3.05, 3.63) is 0 Å². The molecule has 4 nitrogen and oxygen atoms in total. The van der Waals surface area contributed by atoms with Crippen LogP contribution in [-0.2, 0) is 14.3 Å². The van der Waals surface area contributed by atoms with Gasteiger partial charge in [0.15, 0.2) is 6.29 Å². The fourth-order valence-corrected chi connectivity index (χ4v) is 0.164. The van der Waals surface area contributed by atoms with Crippen molar-refractivity contribution >= 4 is 18.7 Å². The fraction of sp³-hybridized carbons (Fsp3) is 0.875. The summed E-state index contributed by atoms with van der Waals surface area (Å²) in [6, 6.07) is 0.00463. The lowest BCUT2D eigenvalue weighted by Gasteiger charge is -2.03. The van der Waals surface area contributed by atoms with Gasteiger partial charge in [-0.2, -0.15) is 0 Å². The van der Waals surface area contributed by atoms with Crippen LogP contribution in [0.3, 0.4) is 0 Å². The highest BCUT2D eigenvalue weighted by Gasteiger charge is 1.88. The van der Waals surface area contributed by atoms with Crippen LogP contribution >= 0.6 is 12.4 Å². The van der Waals surface area contributed by atoms with Crippen LogP contribution in [0.5, 0.6) is 0 Å². The van der Waals surface area contributed by atoms with Gasteiger partial charge in [0.25, 0.3) is 0 Å². The first-order valence-electron chi connectivity index (χ1n) is 3.80. The summed E-state index contributed by atoms with van der Waals surface area (Å²) in [5, 5.41) is 2.75. The third-order valence-electron chi connectivity index (χ3n) is 1.32. The lowest BCUT2D eigenvalue weighted by atomic mass is 10.4. The summed E-state index contributed by atoms with van der Waals surface area (Å²) in [6.07, 6.45) is 0.796. The van der Waals surface area contributed by atoms with Crippen molar-refractivity contribution in [1.29, 1.82) is 0 Å². The Morgan fingerprint density at radius 1 is 1.23 bits per heavy atom. The van der Waals surface area contributed by atoms with E-state index in [2.05, 4.69) is 14.8 Å². The van der Waals surface area contributed by atoms with Gasteiger partial charge in [-0.05, 0) is 20.9 Å². The first-order chi connectivity index (χ1) is 5.62. The van der Waals surface area contributed by atoms with E-state index in [1.165, 1.54) is 0 Å². The van der Waals surface area contributed by atoms with E-state index in [9.17, 15) is 4.79 Å². The highest BCUT2D eigenvalue weighted by atomic mass is 35.5. The molecule has 0 radical (unpaired) electrons. The van der Waals surface area contributed by atoms with Crippen molar-refractivity contribution < 1.29 is 14.3 Å². The summed E-state index contributed by atoms with van der Waals surface area (Å²) < 4.78 is 9.35. The summed E-state index contributed by atoms with van der Waals surface area (Å²) in [5.74, 6) is 0. The minimum Gasteiger partial charge on any atom is -0.356 e. The van der Waals surface area contributed by atoms with E-state index in [4.69, 9.17) is 0 Å². The van der Waals surface area contributed by atoms with E-state index < -0.39 is 0 Å². The average molecular weight is 214 g/mol. The zero-order valence-corrected chi connectivity index (χ0v) is 9.68. The molecule has 0 rings (SSSR count). The molecule has 1 atom stereocenters. The number of nitrogens with one attached hydrogen (secondary N) is 1. The van der Waals surface area contributed by atoms with Crippen molar-refractivity contribution in [3.8, 4) is 0 Å². The molecule has 0 bridgehead atoms. The van der Waals surface area contributed by atoms with Gasteiger partial charge in [-0.15, -0.1) is 12.4 Å². The quantitative estimate of drug-likeness (QED) is 0.556. The van der Waals surface area contributed by atoms with Gasteiger partial charge in [0, 0.05) is 14.2 Å². The highest BCUT2D eigenvalue weighted by molar-refractivity contribution is 5.85. The van der Waals surface area contributed by atoms with E-state index in [1.54, 1.807) is 28.2 Å². The van der Waals surface area contributed by atoms with Crippen LogP contribution < -0.4 is 5.32 Å². The smallest absolute Gasteiger partial charge is 0.154 e. The largest absolute Gasteiger partial charge is 0.356 e. The summed E-state index contributed by atoms with van der Waals surface area (Å²) in [7, 11) is 4.96. The zero-order valence-electron chi connectivity index (χ0n) is 8.87. The zero-order chi connectivity index (χ0) is 9.98. The second kappa shape index (κ2) is 14.4. The van der Waals surface area contributed by atoms with Crippen LogP contribution in [0.15, 0.2) is 0 Å². The van der Waals surface area contributed by atoms with Crippen molar-refractivity contribution in [2.45, 2.75) is 26.2 Å². The Kier molecular flexibility index (Phi) is 20.5. The molecule has 0 aromatic heterocycles. The number of hydrogen-bond donors (Lipinski definition) is 1. The van der Waals surface area contributed by atoms with E-state index in [1.807, 2.05) is 6.92 Å². The topological polar surface area (TPSA) is 47.6 Å². The molecular weight excluding hydrogens is 194 g/mol. The lowest BCUT2D eigenvalue weighted by Crippen LogP contribution is -2.21. The maximum atomic E-state index is 9.67. The Bertz CT molecular complexity index is 99.4. The van der Waals surface area contributed by atoms with Crippen molar-refractivity contribution in [2.24, 2.45) is 0 Å². The molecule has 0 fully saturated rings. The second-order valence-corrected chi connectivity index (χ2v) is 2.25. The molecule has 0 amide bonds. The third-order valence-corrected chi connectivity index (χ3v) is 1.32. The number of carbonyl (C=O) groups excluding carboxylic acids is 1. The Hall–Kier alpha value is -0.160. The second-order valence-electron chi connectivity index (χ2n) is 2.25. The molecule has 0 aromatic carbocycles. The predicted octanol–water partition coefficient (Wildman–Crippen LogP) is 0.840. The van der Waals surface area contributed by atoms with Crippen molar-refractivity contribution in [1.82, 2.24) is 5.32 Å². The number of likely N-dealkylation sites (N-methyl/N-ethyl adjacent to an activating group) is 1. The Morgan fingerprint density at radius 3 is 1.62 bits per heavy atom. The van der Waals surface area contributed by atoms with Crippen molar-refractivity contribution in [3.63, 3.8) is 0 Å². The monoisotopic (exact) mass is 213 g/mol. The Morgan fingerprint density at radius 2 is 1.62 bits per heavy atom. The molecule has 1 N–H and O–H groups in total. The third kappa shape index (κ3) is 18.7. The van der Waals surface area contributed by atoms with Crippen LogP contribution in [0, 0.1) is 0 Å². The standard InChI is InChI=1S/C4H9NO.C4H10O2.ClH/c1-4(3-6)5-2;1-4(5-2)6-3;/h3-5H,1-2H3;4H,1-3H3;1H. The molecule has 82 valence electrons. The molecule has 0 spiro atoms. The number of rotatable bonds is 4. The SMILES string of the molecule is CNC(C)C=O.COC(C)OC.Cl. The van der Waals surface area contributed by atoms with Crippen LogP contribution in [0.4, 0.5) is 0 Å². The van der Waals surface area contributed by atoms with Gasteiger partial charge in [-0.1, -0.05) is 0 Å². The first kappa shape index (κ1) is 18.6. The minimum absolute atomic E-state index is 0. The number of hydrogen-bond acceptors (Lipinski definition) is 4. The summed E-state index contributed by atoms with van der Waals surface area (Å²) >= 11 is 0. The van der Waals surface area contributed by atoms with Gasteiger partial charge in [0.2, 0.25) is 0 Å². The number of ether oxygens (including phenoxy) is 2. The Labute approximate surface area is 86.4 Å². The van der Waals surface area contributed by atoms with Gasteiger partial charge in [0.05, 0.1) is 6.04 Å². The summed E-state index contributed by atoms with van der Waals surface area (Å²) in [6.45, 7) is 3.63. The van der Waals surface area contributed by atoms with E-state index in [-0.39, 0.29) is 24.7 Å². The molecule has 0 saturated heterocycles. The molecule has 0 heterocycles. The van der Waals surface area contributed by atoms with Crippen LogP contribution in [0.1, 0.15) is 13.8 Å². The maximum absolute atomic E-state index is 9.67. The number of aldehydes is 1. The molecule has 0 aliphatic heterocycles. The Balaban J connectivity index is -0.000000143. The van der Waals surface area contributed by atoms with Gasteiger partial charge >= 0.3 is 0 Å². The minimum atomic E-state index is -0.0648. The molecule has 0 aromatic rings. The first-order valence-corrected chi connectivity index (χ1v) is 3.80. The van der Waals surface area contributed by atoms with Crippen LogP contribution in [0.2, 0.25) is 0 Å². The van der Waals surface area contributed by atoms with Crippen LogP contribution in [-0.4, -0.2) is 39.9 Å². The van der Waals surface area contributed by atoms with Crippen LogP contribution in [0.25, 0.3) is 0 Å². The van der Waals surface area contributed by atoms with Gasteiger partial charge in [0.1, 0.15) is 6.29 Å². The summed E-state index contributed by atoms with van der Waals surface area (Å²) in [5.41, 5.74) is 0. The maximum Gasteiger partial charge on any atom is 0.154 e. The molecule has 1 unspecified atom stereocenters. The highest BCUT2D eigenvalue weighted by Crippen LogP contribution is 1.82. The van der Waals surface area contributed by atoms with E-state index in [0.717, 1.165) is 6.29 Å². The molecule has 0 saturated carbocycles. The molecule has 0 aliphatic rings. The predicted molar refractivity (Wildman–Crippen MR) is 55.3 cm³/mol. The summed E-state index contributed by atoms with van der Waals surface area (Å²) in [4.78, 5) is 9.67. The molecule has 13 heavy (non-hydrogen) atoms. The number of halogens is 1. The van der Waals surface area contributed by atoms with Crippen molar-refractivity contribution in [2.75, 3.05) is 21.3 Å². The lowest BCUT2D eigenvalue weighted by molar-refractivity contribution is -0.109. The number of methoxy groups -OCH3 is 2. The average Bonchev–Trinajstić information content (AvgIpc) is 2.16. The molecule has 0 aliphatic carbocycles. The van der Waals surface area contributed by atoms with Gasteiger partial charge < -0.3 is 19.6 Å². The van der Waals surface area contributed by atoms with Gasteiger partial charge in [-0.3, -0.25) is 0 Å². The van der Waals surface area contributed by atoms with E-state index >= 15 is 0 Å². The van der Waals surface area contributed by atoms with Gasteiger partial charge in [-0.25, -0.2) is 0 Å². The molecule has 5 heteroatoms. The fourth-order valence-electron chi connectivity index (χ4n) is 0.164. The normalized spacial score (nSPS) is 10.9. The molecular formula is C8H20ClNO3. The number of carbonyl (C=O) groups is 1. The van der Waals surface area contributed by atoms with E-state index in [0.29, 0.717) is 0 Å².